The van der Waals surface area contributed by atoms with Gasteiger partial charge in [-0.3, -0.25) is 4.79 Å². The number of benzene rings is 1. The van der Waals surface area contributed by atoms with E-state index in [1.807, 2.05) is 53.9 Å². The Kier molecular flexibility index (Phi) is 4.18. The van der Waals surface area contributed by atoms with Crippen LogP contribution >= 0.6 is 11.3 Å². The van der Waals surface area contributed by atoms with Crippen molar-refractivity contribution >= 4 is 17.2 Å². The van der Waals surface area contributed by atoms with Gasteiger partial charge in [0.05, 0.1) is 18.5 Å². The van der Waals surface area contributed by atoms with E-state index >= 15 is 0 Å². The van der Waals surface area contributed by atoms with Crippen LogP contribution in [-0.2, 0) is 6.54 Å². The molecule has 0 aliphatic rings. The summed E-state index contributed by atoms with van der Waals surface area (Å²) in [6.45, 7) is 0.493. The summed E-state index contributed by atoms with van der Waals surface area (Å²) < 4.78 is 7.06. The van der Waals surface area contributed by atoms with E-state index in [0.717, 1.165) is 10.6 Å². The van der Waals surface area contributed by atoms with E-state index < -0.39 is 0 Å². The quantitative estimate of drug-likeness (QED) is 0.589. The summed E-state index contributed by atoms with van der Waals surface area (Å²) in [5.41, 5.74) is 1.91. The van der Waals surface area contributed by atoms with E-state index in [1.165, 1.54) is 0 Å². The number of carbonyl (C=O) groups is 1. The van der Waals surface area contributed by atoms with Crippen molar-refractivity contribution in [3.8, 4) is 17.1 Å². The summed E-state index contributed by atoms with van der Waals surface area (Å²) in [6, 6.07) is 18.9. The second-order valence-electron chi connectivity index (χ2n) is 5.40. The normalized spacial score (nSPS) is 10.7. The van der Waals surface area contributed by atoms with Crippen LogP contribution in [0.1, 0.15) is 15.4 Å². The maximum Gasteiger partial charge on any atom is 0.270 e. The number of hydrogen-bond donors (Lipinski definition) is 1. The minimum atomic E-state index is -0.178. The number of nitrogens with one attached hydrogen (secondary N) is 1. The first kappa shape index (κ1) is 15.4. The van der Waals surface area contributed by atoms with Crippen molar-refractivity contribution in [1.82, 2.24) is 15.1 Å². The lowest BCUT2D eigenvalue weighted by Gasteiger charge is -2.07. The Hall–Kier alpha value is -3.12. The number of amides is 1. The molecule has 3 heterocycles. The van der Waals surface area contributed by atoms with Gasteiger partial charge in [0.25, 0.3) is 5.91 Å². The fourth-order valence-corrected chi connectivity index (χ4v) is 3.17. The third-order valence-electron chi connectivity index (χ3n) is 3.72. The Morgan fingerprint density at radius 1 is 1.12 bits per heavy atom. The van der Waals surface area contributed by atoms with Crippen LogP contribution in [0.4, 0.5) is 0 Å². The molecule has 4 aromatic rings. The van der Waals surface area contributed by atoms with Crippen LogP contribution in [0, 0.1) is 0 Å². The third kappa shape index (κ3) is 3.25. The summed E-state index contributed by atoms with van der Waals surface area (Å²) in [5.74, 6) is 0.449. The van der Waals surface area contributed by atoms with Crippen LogP contribution in [0.15, 0.2) is 76.7 Å². The molecule has 6 heteroatoms. The Labute approximate surface area is 148 Å². The van der Waals surface area contributed by atoms with E-state index in [0.29, 0.717) is 23.7 Å². The molecule has 4 rings (SSSR count). The van der Waals surface area contributed by atoms with Crippen molar-refractivity contribution in [3.05, 3.63) is 82.9 Å². The summed E-state index contributed by atoms with van der Waals surface area (Å²) in [5, 5.41) is 9.49. The zero-order chi connectivity index (χ0) is 17.1. The zero-order valence-electron chi connectivity index (χ0n) is 13.3. The summed E-state index contributed by atoms with van der Waals surface area (Å²) in [7, 11) is 0. The first-order valence-electron chi connectivity index (χ1n) is 7.81. The third-order valence-corrected chi connectivity index (χ3v) is 4.60. The topological polar surface area (TPSA) is 60.1 Å². The molecule has 124 valence electrons. The van der Waals surface area contributed by atoms with Gasteiger partial charge >= 0.3 is 0 Å². The molecule has 0 atom stereocenters. The first-order chi connectivity index (χ1) is 12.3. The van der Waals surface area contributed by atoms with Crippen molar-refractivity contribution in [2.75, 3.05) is 0 Å². The molecule has 0 bridgehead atoms. The van der Waals surface area contributed by atoms with Gasteiger partial charge in [0.15, 0.2) is 5.76 Å². The Morgan fingerprint density at radius 3 is 2.72 bits per heavy atom. The first-order valence-corrected chi connectivity index (χ1v) is 8.69. The molecule has 25 heavy (non-hydrogen) atoms. The van der Waals surface area contributed by atoms with Crippen molar-refractivity contribution in [1.29, 1.82) is 0 Å². The minimum absolute atomic E-state index is 0.178. The molecule has 0 saturated carbocycles. The van der Waals surface area contributed by atoms with Crippen LogP contribution in [0.25, 0.3) is 17.1 Å². The van der Waals surface area contributed by atoms with E-state index in [4.69, 9.17) is 4.42 Å². The molecule has 0 fully saturated rings. The number of aromatic nitrogens is 2. The number of para-hydroxylation sites is 1. The van der Waals surface area contributed by atoms with Crippen LogP contribution < -0.4 is 5.32 Å². The lowest BCUT2D eigenvalue weighted by molar-refractivity contribution is 0.0943. The van der Waals surface area contributed by atoms with Crippen LogP contribution in [-0.4, -0.2) is 15.7 Å². The Balaban J connectivity index is 1.68. The molecule has 0 saturated heterocycles. The van der Waals surface area contributed by atoms with Crippen molar-refractivity contribution in [2.45, 2.75) is 6.54 Å². The molecule has 0 aliphatic carbocycles. The van der Waals surface area contributed by atoms with Crippen molar-refractivity contribution < 1.29 is 9.21 Å². The smallest absolute Gasteiger partial charge is 0.270 e. The van der Waals surface area contributed by atoms with E-state index in [-0.39, 0.29) is 5.91 Å². The van der Waals surface area contributed by atoms with Gasteiger partial charge in [-0.25, -0.2) is 4.68 Å². The highest BCUT2D eigenvalue weighted by Gasteiger charge is 2.18. The highest BCUT2D eigenvalue weighted by atomic mass is 32.1. The van der Waals surface area contributed by atoms with Gasteiger partial charge in [0.2, 0.25) is 0 Å². The summed E-state index contributed by atoms with van der Waals surface area (Å²) >= 11 is 1.61. The molecule has 0 aliphatic heterocycles. The van der Waals surface area contributed by atoms with Gasteiger partial charge in [0.1, 0.15) is 11.4 Å². The van der Waals surface area contributed by atoms with Crippen molar-refractivity contribution in [2.24, 2.45) is 0 Å². The van der Waals surface area contributed by atoms with Gasteiger partial charge in [-0.05, 0) is 35.7 Å². The standard InChI is InChI=1S/C19H15N3O2S/c23-19(20-13-15-8-5-11-25-15)17-12-16(18-9-4-10-24-18)21-22(17)14-6-2-1-3-7-14/h1-12H,13H2,(H,20,23). The maximum absolute atomic E-state index is 12.7. The molecule has 0 spiro atoms. The lowest BCUT2D eigenvalue weighted by atomic mass is 10.2. The second-order valence-corrected chi connectivity index (χ2v) is 6.43. The van der Waals surface area contributed by atoms with E-state index in [1.54, 1.807) is 34.4 Å². The number of carbonyl (C=O) groups excluding carboxylic acids is 1. The fraction of sp³-hybridized carbons (Fsp3) is 0.0526. The maximum atomic E-state index is 12.7. The van der Waals surface area contributed by atoms with Gasteiger partial charge in [-0.1, -0.05) is 24.3 Å². The van der Waals surface area contributed by atoms with Crippen LogP contribution in [0.2, 0.25) is 0 Å². The highest BCUT2D eigenvalue weighted by Crippen LogP contribution is 2.22. The monoisotopic (exact) mass is 349 g/mol. The van der Waals surface area contributed by atoms with Gasteiger partial charge in [-0.2, -0.15) is 5.10 Å². The number of thiophene rings is 1. The molecule has 3 aromatic heterocycles. The Bertz CT molecular complexity index is 958. The highest BCUT2D eigenvalue weighted by molar-refractivity contribution is 7.09. The molecular weight excluding hydrogens is 334 g/mol. The van der Waals surface area contributed by atoms with Crippen molar-refractivity contribution in [3.63, 3.8) is 0 Å². The molecular formula is C19H15N3O2S. The largest absolute Gasteiger partial charge is 0.463 e. The minimum Gasteiger partial charge on any atom is -0.463 e. The fourth-order valence-electron chi connectivity index (χ4n) is 2.52. The average molecular weight is 349 g/mol. The number of furan rings is 1. The van der Waals surface area contributed by atoms with Gasteiger partial charge < -0.3 is 9.73 Å². The molecule has 5 nitrogen and oxygen atoms in total. The number of rotatable bonds is 5. The number of hydrogen-bond acceptors (Lipinski definition) is 4. The SMILES string of the molecule is O=C(NCc1cccs1)c1cc(-c2ccco2)nn1-c1ccccc1. The predicted octanol–water partition coefficient (Wildman–Crippen LogP) is 4.12. The molecule has 1 amide bonds. The summed E-state index contributed by atoms with van der Waals surface area (Å²) in [6.07, 6.45) is 1.59. The average Bonchev–Trinajstić information content (AvgIpc) is 3.41. The molecule has 0 unspecified atom stereocenters. The summed E-state index contributed by atoms with van der Waals surface area (Å²) in [4.78, 5) is 13.8. The zero-order valence-corrected chi connectivity index (χ0v) is 14.1. The molecule has 1 N–H and O–H groups in total. The van der Waals surface area contributed by atoms with Gasteiger partial charge in [0, 0.05) is 10.9 Å². The van der Waals surface area contributed by atoms with Crippen LogP contribution in [0.3, 0.4) is 0 Å². The van der Waals surface area contributed by atoms with E-state index in [9.17, 15) is 4.79 Å². The number of nitrogens with zero attached hydrogens (tertiary/aromatic N) is 2. The molecule has 0 radical (unpaired) electrons. The lowest BCUT2D eigenvalue weighted by Crippen LogP contribution is -2.25. The predicted molar refractivity (Wildman–Crippen MR) is 96.8 cm³/mol. The van der Waals surface area contributed by atoms with Crippen LogP contribution in [0.5, 0.6) is 0 Å². The molecule has 1 aromatic carbocycles. The van der Waals surface area contributed by atoms with Gasteiger partial charge in [-0.15, -0.1) is 11.3 Å². The second kappa shape index (κ2) is 6.78. The Morgan fingerprint density at radius 2 is 2.00 bits per heavy atom. The van der Waals surface area contributed by atoms with E-state index in [2.05, 4.69) is 10.4 Å².